The number of nitrogens with one attached hydrogen (secondary N) is 2. The second-order valence-electron chi connectivity index (χ2n) is 5.57. The number of pyridine rings is 2. The molecule has 0 unspecified atom stereocenters. The summed E-state index contributed by atoms with van der Waals surface area (Å²) in [5.74, 6) is -0.224. The molecule has 25 heavy (non-hydrogen) atoms. The molecule has 126 valence electrons. The number of nitrogens with zero attached hydrogens (tertiary/aromatic N) is 2. The number of carbonyl (C=O) groups is 1. The molecule has 0 aliphatic carbocycles. The topological polar surface area (TPSA) is 66.9 Å². The molecule has 0 saturated carbocycles. The van der Waals surface area contributed by atoms with Gasteiger partial charge >= 0.3 is 0 Å². The summed E-state index contributed by atoms with van der Waals surface area (Å²) in [6, 6.07) is 17.3. The number of hydrogen-bond acceptors (Lipinski definition) is 4. The van der Waals surface area contributed by atoms with Crippen molar-refractivity contribution in [1.82, 2.24) is 15.3 Å². The minimum atomic E-state index is -0.224. The Morgan fingerprint density at radius 3 is 2.64 bits per heavy atom. The number of amides is 1. The molecule has 2 N–H and O–H groups in total. The standard InChI is InChI=1S/C20H20N4O/c1-2-15-7-3-4-9-18(15)24-16-10-12-22-19(13-16)20(25)23-14-17-8-5-6-11-21-17/h3-13H,2,14H2,1H3,(H,22,24)(H,23,25). The third-order valence-corrected chi connectivity index (χ3v) is 3.83. The zero-order valence-corrected chi connectivity index (χ0v) is 14.1. The van der Waals surface area contributed by atoms with E-state index in [1.807, 2.05) is 42.5 Å². The molecular weight excluding hydrogens is 312 g/mol. The molecule has 5 heteroatoms. The van der Waals surface area contributed by atoms with Gasteiger partial charge in [-0.1, -0.05) is 31.2 Å². The number of anilines is 2. The first-order chi connectivity index (χ1) is 12.3. The van der Waals surface area contributed by atoms with Gasteiger partial charge in [0.15, 0.2) is 0 Å². The van der Waals surface area contributed by atoms with Crippen LogP contribution in [0, 0.1) is 0 Å². The summed E-state index contributed by atoms with van der Waals surface area (Å²) < 4.78 is 0. The molecule has 1 aromatic carbocycles. The first kappa shape index (κ1) is 16.6. The maximum absolute atomic E-state index is 12.3. The number of aromatic nitrogens is 2. The number of aryl methyl sites for hydroxylation is 1. The van der Waals surface area contributed by atoms with Gasteiger partial charge in [0.2, 0.25) is 0 Å². The van der Waals surface area contributed by atoms with Crippen molar-refractivity contribution in [2.75, 3.05) is 5.32 Å². The van der Waals surface area contributed by atoms with Gasteiger partial charge in [0, 0.05) is 23.8 Å². The van der Waals surface area contributed by atoms with Crippen molar-refractivity contribution in [1.29, 1.82) is 0 Å². The van der Waals surface area contributed by atoms with Crippen LogP contribution in [0.4, 0.5) is 11.4 Å². The molecule has 3 rings (SSSR count). The van der Waals surface area contributed by atoms with Gasteiger partial charge in [0.25, 0.3) is 5.91 Å². The van der Waals surface area contributed by atoms with Gasteiger partial charge in [-0.25, -0.2) is 0 Å². The van der Waals surface area contributed by atoms with Gasteiger partial charge in [0.05, 0.1) is 12.2 Å². The molecular formula is C20H20N4O. The number of benzene rings is 1. The van der Waals surface area contributed by atoms with Crippen LogP contribution >= 0.6 is 0 Å². The van der Waals surface area contributed by atoms with Crippen LogP contribution in [0.1, 0.15) is 28.7 Å². The second kappa shape index (κ2) is 8.06. The quantitative estimate of drug-likeness (QED) is 0.722. The highest BCUT2D eigenvalue weighted by atomic mass is 16.1. The molecule has 0 spiro atoms. The van der Waals surface area contributed by atoms with Crippen molar-refractivity contribution in [3.05, 3.63) is 83.9 Å². The summed E-state index contributed by atoms with van der Waals surface area (Å²) >= 11 is 0. The maximum Gasteiger partial charge on any atom is 0.270 e. The van der Waals surface area contributed by atoms with Crippen LogP contribution in [0.5, 0.6) is 0 Å². The fraction of sp³-hybridized carbons (Fsp3) is 0.150. The molecule has 5 nitrogen and oxygen atoms in total. The summed E-state index contributed by atoms with van der Waals surface area (Å²) in [5, 5.41) is 6.20. The number of carbonyl (C=O) groups excluding carboxylic acids is 1. The minimum absolute atomic E-state index is 0.224. The molecule has 0 aliphatic heterocycles. The van der Waals surface area contributed by atoms with Crippen molar-refractivity contribution in [2.24, 2.45) is 0 Å². The predicted octanol–water partition coefficient (Wildman–Crippen LogP) is 3.71. The lowest BCUT2D eigenvalue weighted by Crippen LogP contribution is -2.24. The first-order valence-electron chi connectivity index (χ1n) is 8.25. The molecule has 1 amide bonds. The lowest BCUT2D eigenvalue weighted by atomic mass is 10.1. The Hall–Kier alpha value is -3.21. The van der Waals surface area contributed by atoms with E-state index in [2.05, 4.69) is 33.6 Å². The highest BCUT2D eigenvalue weighted by Gasteiger charge is 2.09. The molecule has 3 aromatic rings. The van der Waals surface area contributed by atoms with Gasteiger partial charge < -0.3 is 10.6 Å². The first-order valence-corrected chi connectivity index (χ1v) is 8.25. The molecule has 2 aromatic heterocycles. The Balaban J connectivity index is 1.69. The second-order valence-corrected chi connectivity index (χ2v) is 5.57. The van der Waals surface area contributed by atoms with Crippen molar-refractivity contribution >= 4 is 17.3 Å². The smallest absolute Gasteiger partial charge is 0.270 e. The van der Waals surface area contributed by atoms with E-state index in [4.69, 9.17) is 0 Å². The molecule has 0 atom stereocenters. The predicted molar refractivity (Wildman–Crippen MR) is 98.7 cm³/mol. The normalized spacial score (nSPS) is 10.3. The lowest BCUT2D eigenvalue weighted by Gasteiger charge is -2.11. The largest absolute Gasteiger partial charge is 0.355 e. The summed E-state index contributed by atoms with van der Waals surface area (Å²) in [6.07, 6.45) is 4.27. The lowest BCUT2D eigenvalue weighted by molar-refractivity contribution is 0.0945. The number of hydrogen-bond donors (Lipinski definition) is 2. The zero-order valence-electron chi connectivity index (χ0n) is 14.1. The average molecular weight is 332 g/mol. The minimum Gasteiger partial charge on any atom is -0.355 e. The van der Waals surface area contributed by atoms with Crippen LogP contribution in [0.25, 0.3) is 0 Å². The summed E-state index contributed by atoms with van der Waals surface area (Å²) in [7, 11) is 0. The maximum atomic E-state index is 12.3. The summed E-state index contributed by atoms with van der Waals surface area (Å²) in [4.78, 5) is 20.7. The fourth-order valence-electron chi connectivity index (χ4n) is 2.50. The van der Waals surface area contributed by atoms with Crippen LogP contribution in [0.2, 0.25) is 0 Å². The Labute approximate surface area is 147 Å². The van der Waals surface area contributed by atoms with E-state index in [0.717, 1.165) is 23.5 Å². The van der Waals surface area contributed by atoms with E-state index < -0.39 is 0 Å². The van der Waals surface area contributed by atoms with E-state index in [1.54, 1.807) is 18.5 Å². The van der Waals surface area contributed by atoms with Crippen molar-refractivity contribution < 1.29 is 4.79 Å². The molecule has 0 fully saturated rings. The SMILES string of the molecule is CCc1ccccc1Nc1ccnc(C(=O)NCc2ccccn2)c1. The van der Waals surface area contributed by atoms with Crippen LogP contribution in [0.3, 0.4) is 0 Å². The highest BCUT2D eigenvalue weighted by Crippen LogP contribution is 2.21. The Morgan fingerprint density at radius 1 is 1.00 bits per heavy atom. The van der Waals surface area contributed by atoms with Gasteiger partial charge in [-0.05, 0) is 42.3 Å². The third kappa shape index (κ3) is 4.41. The van der Waals surface area contributed by atoms with Crippen LogP contribution in [-0.4, -0.2) is 15.9 Å². The van der Waals surface area contributed by atoms with Crippen molar-refractivity contribution in [3.8, 4) is 0 Å². The zero-order chi connectivity index (χ0) is 17.5. The molecule has 0 bridgehead atoms. The van der Waals surface area contributed by atoms with Gasteiger partial charge in [-0.3, -0.25) is 14.8 Å². The Morgan fingerprint density at radius 2 is 1.84 bits per heavy atom. The van der Waals surface area contributed by atoms with Crippen molar-refractivity contribution in [3.63, 3.8) is 0 Å². The molecule has 0 saturated heterocycles. The molecule has 0 radical (unpaired) electrons. The van der Waals surface area contributed by atoms with Crippen LogP contribution in [0.15, 0.2) is 67.0 Å². The number of para-hydroxylation sites is 1. The number of rotatable bonds is 6. The molecule has 0 aliphatic rings. The van der Waals surface area contributed by atoms with Crippen molar-refractivity contribution in [2.45, 2.75) is 19.9 Å². The Bertz CT molecular complexity index is 849. The summed E-state index contributed by atoms with van der Waals surface area (Å²) in [5.41, 5.74) is 4.27. The van der Waals surface area contributed by atoms with Gasteiger partial charge in [-0.2, -0.15) is 0 Å². The fourth-order valence-corrected chi connectivity index (χ4v) is 2.50. The van der Waals surface area contributed by atoms with Gasteiger partial charge in [-0.15, -0.1) is 0 Å². The Kier molecular flexibility index (Phi) is 5.36. The van der Waals surface area contributed by atoms with E-state index in [0.29, 0.717) is 12.2 Å². The third-order valence-electron chi connectivity index (χ3n) is 3.83. The van der Waals surface area contributed by atoms with E-state index >= 15 is 0 Å². The highest BCUT2D eigenvalue weighted by molar-refractivity contribution is 5.93. The monoisotopic (exact) mass is 332 g/mol. The van der Waals surface area contributed by atoms with Crippen LogP contribution < -0.4 is 10.6 Å². The van der Waals surface area contributed by atoms with E-state index in [9.17, 15) is 4.79 Å². The summed E-state index contributed by atoms with van der Waals surface area (Å²) in [6.45, 7) is 2.49. The van der Waals surface area contributed by atoms with E-state index in [-0.39, 0.29) is 5.91 Å². The molecule has 2 heterocycles. The average Bonchev–Trinajstić information content (AvgIpc) is 2.67. The van der Waals surface area contributed by atoms with Gasteiger partial charge in [0.1, 0.15) is 5.69 Å². The van der Waals surface area contributed by atoms with E-state index in [1.165, 1.54) is 5.56 Å². The van der Waals surface area contributed by atoms with Crippen LogP contribution in [-0.2, 0) is 13.0 Å².